The lowest BCUT2D eigenvalue weighted by molar-refractivity contribution is 0.796. The van der Waals surface area contributed by atoms with E-state index in [1.807, 2.05) is 48.5 Å². The number of anilines is 8. The van der Waals surface area contributed by atoms with Crippen molar-refractivity contribution in [3.63, 3.8) is 0 Å². The lowest BCUT2D eigenvalue weighted by atomic mass is 9.70. The summed E-state index contributed by atoms with van der Waals surface area (Å²) in [4.78, 5) is 0. The van der Waals surface area contributed by atoms with Crippen molar-refractivity contribution >= 4 is 45.5 Å². The SMILES string of the molecule is Nc1cc2c(cc1N)C1(c3cc(N)c(N)cc3-2)c2cc(N)c(N)cc2-c2cc(N)c(N)cc21. The first-order chi connectivity index (χ1) is 15.6. The molecule has 0 saturated heterocycles. The Hall–Kier alpha value is -4.72. The van der Waals surface area contributed by atoms with E-state index >= 15 is 0 Å². The van der Waals surface area contributed by atoms with Crippen LogP contribution in [-0.4, -0.2) is 0 Å². The number of nitrogens with two attached hydrogens (primary N) is 8. The predicted molar refractivity (Wildman–Crippen MR) is 138 cm³/mol. The van der Waals surface area contributed by atoms with E-state index in [0.29, 0.717) is 45.5 Å². The zero-order chi connectivity index (χ0) is 23.4. The molecule has 1 spiro atoms. The smallest absolute Gasteiger partial charge is 0.0728 e. The molecule has 8 heteroatoms. The number of benzene rings is 4. The maximum absolute atomic E-state index is 6.32. The number of nitrogen functional groups attached to an aromatic ring is 8. The summed E-state index contributed by atoms with van der Waals surface area (Å²) >= 11 is 0. The average Bonchev–Trinajstić information content (AvgIpc) is 3.16. The van der Waals surface area contributed by atoms with E-state index < -0.39 is 5.41 Å². The normalized spacial score (nSPS) is 14.1. The van der Waals surface area contributed by atoms with Gasteiger partial charge in [-0.05, 0) is 93.0 Å². The molecule has 0 unspecified atom stereocenters. The Morgan fingerprint density at radius 2 is 0.485 bits per heavy atom. The number of rotatable bonds is 0. The van der Waals surface area contributed by atoms with E-state index in [4.69, 9.17) is 45.9 Å². The van der Waals surface area contributed by atoms with Crippen LogP contribution >= 0.6 is 0 Å². The summed E-state index contributed by atoms with van der Waals surface area (Å²) in [5, 5.41) is 0. The summed E-state index contributed by atoms with van der Waals surface area (Å²) in [7, 11) is 0. The summed E-state index contributed by atoms with van der Waals surface area (Å²) in [6.07, 6.45) is 0. The molecule has 2 aliphatic carbocycles. The van der Waals surface area contributed by atoms with Crippen LogP contribution in [0.1, 0.15) is 22.3 Å². The van der Waals surface area contributed by atoms with Gasteiger partial charge in [-0.15, -0.1) is 0 Å². The molecule has 6 rings (SSSR count). The van der Waals surface area contributed by atoms with Gasteiger partial charge in [-0.2, -0.15) is 0 Å². The van der Waals surface area contributed by atoms with Gasteiger partial charge in [0.25, 0.3) is 0 Å². The Labute approximate surface area is 190 Å². The molecule has 0 aromatic heterocycles. The minimum absolute atomic E-state index is 0.476. The molecule has 2 aliphatic rings. The molecular formula is C25H24N8. The van der Waals surface area contributed by atoms with Gasteiger partial charge in [0.2, 0.25) is 0 Å². The van der Waals surface area contributed by atoms with Crippen LogP contribution in [0.2, 0.25) is 0 Å². The van der Waals surface area contributed by atoms with Crippen LogP contribution in [0.15, 0.2) is 48.5 Å². The van der Waals surface area contributed by atoms with E-state index in [0.717, 1.165) is 44.5 Å². The Kier molecular flexibility index (Phi) is 3.31. The van der Waals surface area contributed by atoms with Crippen molar-refractivity contribution in [2.45, 2.75) is 5.41 Å². The second-order valence-corrected chi connectivity index (χ2v) is 8.86. The van der Waals surface area contributed by atoms with Gasteiger partial charge in [0.05, 0.1) is 50.9 Å². The van der Waals surface area contributed by atoms with Crippen molar-refractivity contribution in [3.05, 3.63) is 70.8 Å². The van der Waals surface area contributed by atoms with Crippen LogP contribution in [-0.2, 0) is 5.41 Å². The molecule has 0 bridgehead atoms. The molecule has 4 aromatic carbocycles. The molecule has 0 saturated carbocycles. The lowest BCUT2D eigenvalue weighted by Gasteiger charge is -2.31. The first-order valence-corrected chi connectivity index (χ1v) is 10.4. The fourth-order valence-corrected chi connectivity index (χ4v) is 5.54. The monoisotopic (exact) mass is 436 g/mol. The highest BCUT2D eigenvalue weighted by atomic mass is 14.7. The highest BCUT2D eigenvalue weighted by Gasteiger charge is 2.52. The van der Waals surface area contributed by atoms with Gasteiger partial charge in [0.15, 0.2) is 0 Å². The zero-order valence-corrected chi connectivity index (χ0v) is 17.7. The summed E-state index contributed by atoms with van der Waals surface area (Å²) in [5.74, 6) is 0. The van der Waals surface area contributed by atoms with Gasteiger partial charge in [0.1, 0.15) is 0 Å². The number of hydrogen-bond donors (Lipinski definition) is 8. The van der Waals surface area contributed by atoms with Crippen molar-refractivity contribution in [2.24, 2.45) is 0 Å². The minimum atomic E-state index is -0.789. The predicted octanol–water partition coefficient (Wildman–Crippen LogP) is 2.69. The molecule has 8 nitrogen and oxygen atoms in total. The second kappa shape index (κ2) is 5.74. The van der Waals surface area contributed by atoms with Crippen molar-refractivity contribution in [1.82, 2.24) is 0 Å². The van der Waals surface area contributed by atoms with Crippen molar-refractivity contribution in [1.29, 1.82) is 0 Å². The minimum Gasteiger partial charge on any atom is -0.397 e. The number of fused-ring (bicyclic) bond motifs is 10. The Bertz CT molecular complexity index is 1320. The van der Waals surface area contributed by atoms with Crippen LogP contribution in [0.25, 0.3) is 22.3 Å². The quantitative estimate of drug-likeness (QED) is 0.165. The third-order valence-electron chi connectivity index (χ3n) is 7.09. The van der Waals surface area contributed by atoms with Crippen molar-refractivity contribution in [3.8, 4) is 22.3 Å². The fourth-order valence-electron chi connectivity index (χ4n) is 5.54. The van der Waals surface area contributed by atoms with E-state index in [-0.39, 0.29) is 0 Å². The zero-order valence-electron chi connectivity index (χ0n) is 17.7. The van der Waals surface area contributed by atoms with E-state index in [2.05, 4.69) is 0 Å². The largest absolute Gasteiger partial charge is 0.397 e. The summed E-state index contributed by atoms with van der Waals surface area (Å²) in [6, 6.07) is 15.2. The van der Waals surface area contributed by atoms with Gasteiger partial charge < -0.3 is 45.9 Å². The highest BCUT2D eigenvalue weighted by Crippen LogP contribution is 2.65. The first kappa shape index (κ1) is 19.0. The third-order valence-corrected chi connectivity index (χ3v) is 7.09. The molecule has 0 heterocycles. The van der Waals surface area contributed by atoms with Crippen LogP contribution < -0.4 is 45.9 Å². The van der Waals surface area contributed by atoms with Crippen LogP contribution in [0, 0.1) is 0 Å². The average molecular weight is 437 g/mol. The third kappa shape index (κ3) is 2.09. The van der Waals surface area contributed by atoms with E-state index in [9.17, 15) is 0 Å². The van der Waals surface area contributed by atoms with Crippen LogP contribution in [0.5, 0.6) is 0 Å². The Morgan fingerprint density at radius 1 is 0.303 bits per heavy atom. The molecule has 0 fully saturated rings. The standard InChI is InChI=1S/C25H24N8/c26-17-1-9-10-2-18(27)22(31)6-14(10)25(13(9)5-21(17)30)15-7-23(32)19(28)3-11(15)12-4-20(29)24(33)8-16(12)25/h1-8H,26-33H2. The molecule has 0 amide bonds. The molecule has 164 valence electrons. The van der Waals surface area contributed by atoms with Crippen molar-refractivity contribution < 1.29 is 0 Å². The number of hydrogen-bond acceptors (Lipinski definition) is 8. The molecule has 0 radical (unpaired) electrons. The second-order valence-electron chi connectivity index (χ2n) is 8.86. The summed E-state index contributed by atoms with van der Waals surface area (Å²) in [6.45, 7) is 0. The highest BCUT2D eigenvalue weighted by molar-refractivity contribution is 6.01. The van der Waals surface area contributed by atoms with Gasteiger partial charge in [-0.1, -0.05) is 0 Å². The van der Waals surface area contributed by atoms with Gasteiger partial charge in [-0.25, -0.2) is 0 Å². The van der Waals surface area contributed by atoms with E-state index in [1.54, 1.807) is 0 Å². The Morgan fingerprint density at radius 3 is 0.697 bits per heavy atom. The van der Waals surface area contributed by atoms with E-state index in [1.165, 1.54) is 0 Å². The molecule has 33 heavy (non-hydrogen) atoms. The summed E-state index contributed by atoms with van der Waals surface area (Å²) in [5.41, 5.74) is 60.7. The van der Waals surface area contributed by atoms with Crippen molar-refractivity contribution in [2.75, 3.05) is 45.9 Å². The van der Waals surface area contributed by atoms with Gasteiger partial charge in [0, 0.05) is 0 Å². The molecular weight excluding hydrogens is 412 g/mol. The molecule has 16 N–H and O–H groups in total. The van der Waals surface area contributed by atoms with Crippen LogP contribution in [0.3, 0.4) is 0 Å². The first-order valence-electron chi connectivity index (χ1n) is 10.4. The maximum atomic E-state index is 6.32. The molecule has 0 atom stereocenters. The molecule has 4 aromatic rings. The fraction of sp³-hybridized carbons (Fsp3) is 0.0400. The lowest BCUT2D eigenvalue weighted by Crippen LogP contribution is -2.27. The van der Waals surface area contributed by atoms with Crippen LogP contribution in [0.4, 0.5) is 45.5 Å². The van der Waals surface area contributed by atoms with Gasteiger partial charge in [-0.3, -0.25) is 0 Å². The van der Waals surface area contributed by atoms with Gasteiger partial charge >= 0.3 is 0 Å². The molecule has 0 aliphatic heterocycles. The maximum Gasteiger partial charge on any atom is 0.0728 e. The Balaban J connectivity index is 1.89. The topological polar surface area (TPSA) is 208 Å². The summed E-state index contributed by atoms with van der Waals surface area (Å²) < 4.78 is 0.